The van der Waals surface area contributed by atoms with E-state index in [-0.39, 0.29) is 5.91 Å². The SMILES string of the molecule is C=CC(=O)Nc1ccc(-c2ccn3c(N)ncc3c2-c2ccc(Oc3cccc(C)n3)cc2)cc1. The van der Waals surface area contributed by atoms with Crippen LogP contribution in [0.25, 0.3) is 27.8 Å². The second-order valence-corrected chi connectivity index (χ2v) is 7.99. The van der Waals surface area contributed by atoms with E-state index < -0.39 is 0 Å². The van der Waals surface area contributed by atoms with Crippen molar-refractivity contribution in [2.75, 3.05) is 11.1 Å². The van der Waals surface area contributed by atoms with Gasteiger partial charge in [-0.1, -0.05) is 36.9 Å². The Kier molecular flexibility index (Phi) is 5.73. The molecular weight excluding hydrogens is 438 g/mol. The molecule has 1 amide bonds. The number of hydrogen-bond donors (Lipinski definition) is 2. The second kappa shape index (κ2) is 9.15. The number of ether oxygens (including phenoxy) is 1. The van der Waals surface area contributed by atoms with Crippen LogP contribution in [0.15, 0.2) is 97.8 Å². The molecule has 0 spiro atoms. The molecular formula is C28H23N5O2. The largest absolute Gasteiger partial charge is 0.439 e. The highest BCUT2D eigenvalue weighted by molar-refractivity contribution is 5.99. The van der Waals surface area contributed by atoms with Crippen molar-refractivity contribution in [1.82, 2.24) is 14.4 Å². The lowest BCUT2D eigenvalue weighted by molar-refractivity contribution is -0.111. The third-order valence-electron chi connectivity index (χ3n) is 5.62. The number of aromatic nitrogens is 3. The highest BCUT2D eigenvalue weighted by Gasteiger charge is 2.15. The van der Waals surface area contributed by atoms with Gasteiger partial charge in [0.05, 0.1) is 11.7 Å². The number of carbonyl (C=O) groups is 1. The van der Waals surface area contributed by atoms with E-state index in [0.717, 1.165) is 33.5 Å². The highest BCUT2D eigenvalue weighted by atomic mass is 16.5. The van der Waals surface area contributed by atoms with Crippen LogP contribution in [0.3, 0.4) is 0 Å². The average Bonchev–Trinajstić information content (AvgIpc) is 3.25. The molecule has 3 N–H and O–H groups in total. The summed E-state index contributed by atoms with van der Waals surface area (Å²) in [6.45, 7) is 5.41. The number of rotatable bonds is 6. The van der Waals surface area contributed by atoms with Crippen molar-refractivity contribution < 1.29 is 9.53 Å². The van der Waals surface area contributed by atoms with Gasteiger partial charge in [0.1, 0.15) is 5.75 Å². The molecule has 0 aliphatic rings. The zero-order valence-electron chi connectivity index (χ0n) is 19.1. The molecule has 2 aromatic carbocycles. The summed E-state index contributed by atoms with van der Waals surface area (Å²) in [5.74, 6) is 1.40. The maximum Gasteiger partial charge on any atom is 0.247 e. The number of anilines is 2. The molecule has 0 aliphatic carbocycles. The number of amides is 1. The molecule has 172 valence electrons. The lowest BCUT2D eigenvalue weighted by Crippen LogP contribution is -2.06. The number of imidazole rings is 1. The Morgan fingerprint density at radius 2 is 1.77 bits per heavy atom. The minimum absolute atomic E-state index is 0.252. The first-order valence-electron chi connectivity index (χ1n) is 11.0. The molecule has 5 aromatic rings. The van der Waals surface area contributed by atoms with Gasteiger partial charge in [-0.3, -0.25) is 9.20 Å². The molecule has 0 saturated heterocycles. The molecule has 0 atom stereocenters. The van der Waals surface area contributed by atoms with Crippen LogP contribution in [0.2, 0.25) is 0 Å². The molecule has 3 aromatic heterocycles. The molecule has 3 heterocycles. The van der Waals surface area contributed by atoms with E-state index in [2.05, 4.69) is 21.9 Å². The zero-order chi connectivity index (χ0) is 24.4. The van der Waals surface area contributed by atoms with Crippen molar-refractivity contribution in [1.29, 1.82) is 0 Å². The summed E-state index contributed by atoms with van der Waals surface area (Å²) in [5.41, 5.74) is 12.5. The van der Waals surface area contributed by atoms with Crippen LogP contribution in [0.5, 0.6) is 11.6 Å². The average molecular weight is 462 g/mol. The van der Waals surface area contributed by atoms with Gasteiger partial charge in [-0.25, -0.2) is 9.97 Å². The Labute approximate surface area is 202 Å². The molecule has 0 bridgehead atoms. The Balaban J connectivity index is 1.54. The van der Waals surface area contributed by atoms with E-state index in [1.54, 1.807) is 6.20 Å². The number of carbonyl (C=O) groups excluding carboxylic acids is 1. The molecule has 35 heavy (non-hydrogen) atoms. The molecule has 0 unspecified atom stereocenters. The smallest absolute Gasteiger partial charge is 0.247 e. The predicted molar refractivity (Wildman–Crippen MR) is 138 cm³/mol. The molecule has 0 radical (unpaired) electrons. The lowest BCUT2D eigenvalue weighted by Gasteiger charge is -2.14. The van der Waals surface area contributed by atoms with E-state index in [4.69, 9.17) is 10.5 Å². The van der Waals surface area contributed by atoms with Gasteiger partial charge in [0.2, 0.25) is 17.7 Å². The molecule has 0 fully saturated rings. The van der Waals surface area contributed by atoms with E-state index in [1.165, 1.54) is 6.08 Å². The first-order valence-corrected chi connectivity index (χ1v) is 11.0. The normalized spacial score (nSPS) is 10.8. The van der Waals surface area contributed by atoms with Crippen molar-refractivity contribution in [3.8, 4) is 33.9 Å². The van der Waals surface area contributed by atoms with Crippen molar-refractivity contribution in [3.05, 3.63) is 104 Å². The maximum absolute atomic E-state index is 11.6. The Morgan fingerprint density at radius 3 is 2.49 bits per heavy atom. The van der Waals surface area contributed by atoms with E-state index in [0.29, 0.717) is 23.3 Å². The third kappa shape index (κ3) is 4.47. The molecule has 7 nitrogen and oxygen atoms in total. The summed E-state index contributed by atoms with van der Waals surface area (Å²) >= 11 is 0. The minimum Gasteiger partial charge on any atom is -0.439 e. The fourth-order valence-electron chi connectivity index (χ4n) is 3.94. The summed E-state index contributed by atoms with van der Waals surface area (Å²) in [5, 5.41) is 2.77. The minimum atomic E-state index is -0.252. The number of nitrogens with two attached hydrogens (primary N) is 1. The quantitative estimate of drug-likeness (QED) is 0.308. The van der Waals surface area contributed by atoms with Crippen LogP contribution in [-0.2, 0) is 4.79 Å². The van der Waals surface area contributed by atoms with E-state index in [9.17, 15) is 4.79 Å². The first-order chi connectivity index (χ1) is 17.0. The number of pyridine rings is 2. The number of nitrogen functional groups attached to an aromatic ring is 1. The van der Waals surface area contributed by atoms with Crippen LogP contribution >= 0.6 is 0 Å². The highest BCUT2D eigenvalue weighted by Crippen LogP contribution is 2.37. The van der Waals surface area contributed by atoms with Gasteiger partial charge in [-0.05, 0) is 66.1 Å². The van der Waals surface area contributed by atoms with E-state index in [1.807, 2.05) is 90.3 Å². The summed E-state index contributed by atoms with van der Waals surface area (Å²) in [7, 11) is 0. The van der Waals surface area contributed by atoms with Gasteiger partial charge in [-0.15, -0.1) is 0 Å². The van der Waals surface area contributed by atoms with Crippen LogP contribution in [0.4, 0.5) is 11.6 Å². The monoisotopic (exact) mass is 461 g/mol. The standard InChI is InChI=1S/C28H23N5O2/c1-3-25(34)32-21-11-7-19(8-12-21)23-15-16-33-24(17-30-28(33)29)27(23)20-9-13-22(14-10-20)35-26-6-4-5-18(2)31-26/h3-17H,1H2,2H3,(H2,29,30)(H,32,34). The molecule has 5 rings (SSSR count). The van der Waals surface area contributed by atoms with Crippen LogP contribution in [-0.4, -0.2) is 20.3 Å². The van der Waals surface area contributed by atoms with Crippen molar-refractivity contribution in [2.24, 2.45) is 0 Å². The summed E-state index contributed by atoms with van der Waals surface area (Å²) in [4.78, 5) is 20.3. The number of fused-ring (bicyclic) bond motifs is 1. The number of nitrogens with one attached hydrogen (secondary N) is 1. The third-order valence-corrected chi connectivity index (χ3v) is 5.62. The fraction of sp³-hybridized carbons (Fsp3) is 0.0357. The zero-order valence-corrected chi connectivity index (χ0v) is 19.1. The van der Waals surface area contributed by atoms with Crippen molar-refractivity contribution in [2.45, 2.75) is 6.92 Å². The van der Waals surface area contributed by atoms with Gasteiger partial charge < -0.3 is 15.8 Å². The fourth-order valence-corrected chi connectivity index (χ4v) is 3.94. The summed E-state index contributed by atoms with van der Waals surface area (Å²) < 4.78 is 7.78. The summed E-state index contributed by atoms with van der Waals surface area (Å²) in [6, 6.07) is 23.2. The van der Waals surface area contributed by atoms with Crippen LogP contribution < -0.4 is 15.8 Å². The molecule has 0 saturated carbocycles. The molecule has 7 heteroatoms. The van der Waals surface area contributed by atoms with Crippen molar-refractivity contribution in [3.63, 3.8) is 0 Å². The Bertz CT molecular complexity index is 1540. The van der Waals surface area contributed by atoms with Gasteiger partial charge in [-0.2, -0.15) is 0 Å². The van der Waals surface area contributed by atoms with Gasteiger partial charge in [0.25, 0.3) is 0 Å². The topological polar surface area (TPSA) is 94.5 Å². The number of aryl methyl sites for hydroxylation is 1. The lowest BCUT2D eigenvalue weighted by atomic mass is 9.94. The Morgan fingerprint density at radius 1 is 1.03 bits per heavy atom. The van der Waals surface area contributed by atoms with Crippen LogP contribution in [0.1, 0.15) is 5.69 Å². The maximum atomic E-state index is 11.6. The predicted octanol–water partition coefficient (Wildman–Crippen LogP) is 5.87. The van der Waals surface area contributed by atoms with Gasteiger partial charge >= 0.3 is 0 Å². The van der Waals surface area contributed by atoms with E-state index >= 15 is 0 Å². The Hall–Kier alpha value is -4.91. The van der Waals surface area contributed by atoms with Gasteiger partial charge in [0, 0.05) is 29.2 Å². The summed E-state index contributed by atoms with van der Waals surface area (Å²) in [6.07, 6.45) is 4.92. The second-order valence-electron chi connectivity index (χ2n) is 7.99. The van der Waals surface area contributed by atoms with Crippen LogP contribution in [0, 0.1) is 6.92 Å². The number of nitrogens with zero attached hydrogens (tertiary/aromatic N) is 3. The van der Waals surface area contributed by atoms with Crippen molar-refractivity contribution >= 4 is 23.1 Å². The van der Waals surface area contributed by atoms with Gasteiger partial charge in [0.15, 0.2) is 0 Å². The molecule has 0 aliphatic heterocycles. The first kappa shape index (κ1) is 21.9. The number of benzene rings is 2. The number of hydrogen-bond acceptors (Lipinski definition) is 5.